The molecule has 0 amide bonds. The third kappa shape index (κ3) is 5.66. The first-order valence-corrected chi connectivity index (χ1v) is 9.48. The number of pyridine rings is 1. The van der Waals surface area contributed by atoms with Crippen molar-refractivity contribution in [1.29, 1.82) is 0 Å². The normalized spacial score (nSPS) is 17.3. The molecule has 27 heavy (non-hydrogen) atoms. The molecule has 1 aliphatic heterocycles. The van der Waals surface area contributed by atoms with Crippen LogP contribution in [0.3, 0.4) is 0 Å². The summed E-state index contributed by atoms with van der Waals surface area (Å²) in [4.78, 5) is 18.4. The van der Waals surface area contributed by atoms with Crippen LogP contribution >= 0.6 is 0 Å². The number of aromatic nitrogens is 1. The number of anilines is 1. The Hall–Kier alpha value is -2.66. The molecule has 3 rings (SSSR count). The molecule has 1 saturated heterocycles. The van der Waals surface area contributed by atoms with Crippen molar-refractivity contribution in [3.63, 3.8) is 0 Å². The van der Waals surface area contributed by atoms with Crippen molar-refractivity contribution >= 4 is 17.9 Å². The molecule has 142 valence electrons. The molecule has 0 radical (unpaired) electrons. The molecule has 1 aromatic heterocycles. The average Bonchev–Trinajstić information content (AvgIpc) is 3.10. The van der Waals surface area contributed by atoms with Gasteiger partial charge in [0.25, 0.3) is 0 Å². The molecule has 1 fully saturated rings. The molecule has 5 heteroatoms. The smallest absolute Gasteiger partial charge is 0.330 e. The van der Waals surface area contributed by atoms with E-state index < -0.39 is 0 Å². The number of nitrogens with zero attached hydrogens (tertiary/aromatic N) is 2. The minimum absolute atomic E-state index is 0.332. The van der Waals surface area contributed by atoms with Crippen molar-refractivity contribution in [3.05, 3.63) is 65.4 Å². The predicted molar refractivity (Wildman–Crippen MR) is 108 cm³/mol. The average molecular weight is 365 g/mol. The summed E-state index contributed by atoms with van der Waals surface area (Å²) in [5.74, 6) is 0.580. The first-order valence-electron chi connectivity index (χ1n) is 9.48. The third-order valence-electron chi connectivity index (χ3n) is 4.66. The second-order valence-electron chi connectivity index (χ2n) is 6.87. The van der Waals surface area contributed by atoms with Gasteiger partial charge in [-0.25, -0.2) is 9.78 Å². The Labute approximate surface area is 161 Å². The molecule has 2 aromatic rings. The monoisotopic (exact) mass is 365 g/mol. The number of nitrogens with one attached hydrogen (secondary N) is 1. The molecule has 0 saturated carbocycles. The quantitative estimate of drug-likeness (QED) is 0.599. The zero-order valence-corrected chi connectivity index (χ0v) is 16.0. The largest absolute Gasteiger partial charge is 0.463 e. The molecule has 1 N–H and O–H groups in total. The van der Waals surface area contributed by atoms with E-state index >= 15 is 0 Å². The van der Waals surface area contributed by atoms with Crippen LogP contribution in [0.1, 0.15) is 30.0 Å². The first kappa shape index (κ1) is 19.1. The summed E-state index contributed by atoms with van der Waals surface area (Å²) < 4.78 is 4.90. The second-order valence-corrected chi connectivity index (χ2v) is 6.87. The van der Waals surface area contributed by atoms with Crippen LogP contribution in [0.25, 0.3) is 6.08 Å². The van der Waals surface area contributed by atoms with Crippen LogP contribution in [0.5, 0.6) is 0 Å². The lowest BCUT2D eigenvalue weighted by atomic mass is 10.1. The third-order valence-corrected chi connectivity index (χ3v) is 4.66. The summed E-state index contributed by atoms with van der Waals surface area (Å²) in [6.07, 6.45) is 6.06. The fourth-order valence-corrected chi connectivity index (χ4v) is 3.32. The van der Waals surface area contributed by atoms with E-state index in [4.69, 9.17) is 4.74 Å². The number of hydrogen-bond acceptors (Lipinski definition) is 5. The van der Waals surface area contributed by atoms with Crippen LogP contribution in [-0.4, -0.2) is 41.6 Å². The van der Waals surface area contributed by atoms with Crippen molar-refractivity contribution in [3.8, 4) is 0 Å². The molecule has 1 aliphatic rings. The lowest BCUT2D eigenvalue weighted by Gasteiger charge is -2.18. The van der Waals surface area contributed by atoms with E-state index in [1.807, 2.05) is 13.0 Å². The number of hydrogen-bond donors (Lipinski definition) is 1. The standard InChI is InChI=1S/C22H27N3O2/c1-3-27-21(26)10-9-19-13-17(2)22(23-14-19)24-20-11-12-25(16-20)15-18-7-5-4-6-8-18/h4-10,13-14,20H,3,11-12,15-16H2,1-2H3,(H,23,24)/t20-/m1/s1. The van der Waals surface area contributed by atoms with E-state index in [2.05, 4.69) is 45.5 Å². The number of rotatable bonds is 7. The van der Waals surface area contributed by atoms with Gasteiger partial charge in [-0.3, -0.25) is 4.90 Å². The van der Waals surface area contributed by atoms with Crippen LogP contribution in [0.15, 0.2) is 48.7 Å². The summed E-state index contributed by atoms with van der Waals surface area (Å²) in [6.45, 7) is 7.30. The van der Waals surface area contributed by atoms with Gasteiger partial charge < -0.3 is 10.1 Å². The number of likely N-dealkylation sites (tertiary alicyclic amines) is 1. The molecular weight excluding hydrogens is 338 g/mol. The molecule has 1 atom stereocenters. The van der Waals surface area contributed by atoms with Crippen molar-refractivity contribution in [2.45, 2.75) is 32.9 Å². The van der Waals surface area contributed by atoms with E-state index in [-0.39, 0.29) is 5.97 Å². The summed E-state index contributed by atoms with van der Waals surface area (Å²) in [7, 11) is 0. The second kappa shape index (κ2) is 9.33. The van der Waals surface area contributed by atoms with Crippen LogP contribution in [0.2, 0.25) is 0 Å². The maximum atomic E-state index is 11.4. The number of ether oxygens (including phenoxy) is 1. The van der Waals surface area contributed by atoms with Gasteiger partial charge in [-0.1, -0.05) is 30.3 Å². The SMILES string of the molecule is CCOC(=O)C=Cc1cnc(N[C@@H]2CCN(Cc3ccccc3)C2)c(C)c1. The highest BCUT2D eigenvalue weighted by Crippen LogP contribution is 2.20. The summed E-state index contributed by atoms with van der Waals surface area (Å²) in [5, 5.41) is 3.57. The molecule has 1 aromatic carbocycles. The number of carbonyl (C=O) groups excluding carboxylic acids is 1. The highest BCUT2D eigenvalue weighted by molar-refractivity contribution is 5.87. The molecular formula is C22H27N3O2. The van der Waals surface area contributed by atoms with Gasteiger partial charge in [-0.2, -0.15) is 0 Å². The Balaban J connectivity index is 1.54. The molecule has 0 aliphatic carbocycles. The van der Waals surface area contributed by atoms with E-state index in [1.165, 1.54) is 11.6 Å². The van der Waals surface area contributed by atoms with E-state index in [0.29, 0.717) is 12.6 Å². The van der Waals surface area contributed by atoms with E-state index in [9.17, 15) is 4.79 Å². The van der Waals surface area contributed by atoms with E-state index in [1.54, 1.807) is 19.2 Å². The minimum atomic E-state index is -0.332. The van der Waals surface area contributed by atoms with Gasteiger partial charge in [0.05, 0.1) is 6.61 Å². The Kier molecular flexibility index (Phi) is 6.60. The first-order chi connectivity index (χ1) is 13.1. The summed E-state index contributed by atoms with van der Waals surface area (Å²) in [5.41, 5.74) is 3.32. The van der Waals surface area contributed by atoms with Crippen molar-refractivity contribution in [1.82, 2.24) is 9.88 Å². The zero-order valence-electron chi connectivity index (χ0n) is 16.0. The highest BCUT2D eigenvalue weighted by Gasteiger charge is 2.23. The van der Waals surface area contributed by atoms with Crippen LogP contribution in [-0.2, 0) is 16.1 Å². The van der Waals surface area contributed by atoms with Crippen LogP contribution < -0.4 is 5.32 Å². The van der Waals surface area contributed by atoms with Gasteiger partial charge in [-0.05, 0) is 49.1 Å². The molecule has 5 nitrogen and oxygen atoms in total. The van der Waals surface area contributed by atoms with Gasteiger partial charge in [0.15, 0.2) is 0 Å². The van der Waals surface area contributed by atoms with Crippen molar-refractivity contribution in [2.75, 3.05) is 25.0 Å². The van der Waals surface area contributed by atoms with Crippen LogP contribution in [0.4, 0.5) is 5.82 Å². The molecule has 0 unspecified atom stereocenters. The lowest BCUT2D eigenvalue weighted by molar-refractivity contribution is -0.137. The molecule has 0 spiro atoms. The van der Waals surface area contributed by atoms with E-state index in [0.717, 1.165) is 43.0 Å². The van der Waals surface area contributed by atoms with Gasteiger partial charge in [0.2, 0.25) is 0 Å². The van der Waals surface area contributed by atoms with Crippen molar-refractivity contribution in [2.24, 2.45) is 0 Å². The van der Waals surface area contributed by atoms with Gasteiger partial charge in [0, 0.05) is 37.9 Å². The Morgan fingerprint density at radius 1 is 1.37 bits per heavy atom. The number of esters is 1. The van der Waals surface area contributed by atoms with Crippen LogP contribution in [0, 0.1) is 6.92 Å². The molecule has 0 bridgehead atoms. The Bertz CT molecular complexity index is 789. The van der Waals surface area contributed by atoms with Gasteiger partial charge >= 0.3 is 5.97 Å². The number of benzene rings is 1. The predicted octanol–water partition coefficient (Wildman–Crippen LogP) is 3.65. The summed E-state index contributed by atoms with van der Waals surface area (Å²) in [6, 6.07) is 13.0. The molecule has 2 heterocycles. The lowest BCUT2D eigenvalue weighted by Crippen LogP contribution is -2.26. The number of aryl methyl sites for hydroxylation is 1. The minimum Gasteiger partial charge on any atom is -0.463 e. The fourth-order valence-electron chi connectivity index (χ4n) is 3.32. The summed E-state index contributed by atoms with van der Waals surface area (Å²) >= 11 is 0. The topological polar surface area (TPSA) is 54.5 Å². The Morgan fingerprint density at radius 3 is 2.93 bits per heavy atom. The maximum Gasteiger partial charge on any atom is 0.330 e. The van der Waals surface area contributed by atoms with Crippen molar-refractivity contribution < 1.29 is 9.53 Å². The fraction of sp³-hybridized carbons (Fsp3) is 0.364. The maximum absolute atomic E-state index is 11.4. The van der Waals surface area contributed by atoms with Gasteiger partial charge in [0.1, 0.15) is 5.82 Å². The Morgan fingerprint density at radius 2 is 2.19 bits per heavy atom. The zero-order chi connectivity index (χ0) is 19.1. The highest BCUT2D eigenvalue weighted by atomic mass is 16.5. The number of carbonyl (C=O) groups is 1. The van der Waals surface area contributed by atoms with Gasteiger partial charge in [-0.15, -0.1) is 0 Å².